The molecule has 0 fully saturated rings. The number of hydrogen-bond acceptors (Lipinski definition) is 10. The number of nitrogens with zero attached hydrogens (tertiary/aromatic N) is 4. The molecule has 0 spiro atoms. The molecule has 60 heavy (non-hydrogen) atoms. The number of para-hydroxylation sites is 2. The molecule has 4 aliphatic rings. The zero-order valence-corrected chi connectivity index (χ0v) is 33.1. The van der Waals surface area contributed by atoms with Crippen molar-refractivity contribution in [2.24, 2.45) is 9.98 Å². The Hall–Kier alpha value is -7.15. The van der Waals surface area contributed by atoms with Gasteiger partial charge in [0.1, 0.15) is 19.0 Å². The zero-order valence-electron chi connectivity index (χ0n) is 33.1. The number of fused-ring (bicyclic) bond motifs is 8. The average molecular weight is 807 g/mol. The summed E-state index contributed by atoms with van der Waals surface area (Å²) in [6.45, 7) is 0.536. The van der Waals surface area contributed by atoms with E-state index in [0.29, 0.717) is 83.5 Å². The summed E-state index contributed by atoms with van der Waals surface area (Å²) in [4.78, 5) is 51.9. The summed E-state index contributed by atoms with van der Waals surface area (Å²) in [5, 5.41) is 9.07. The molecule has 304 valence electrons. The van der Waals surface area contributed by atoms with Crippen LogP contribution >= 0.6 is 0 Å². The molecule has 2 atom stereocenters. The van der Waals surface area contributed by atoms with Gasteiger partial charge in [-0.2, -0.15) is 0 Å². The number of hydrogen-bond donors (Lipinski definition) is 1. The lowest BCUT2D eigenvalue weighted by Gasteiger charge is -2.22. The molecule has 0 unspecified atom stereocenters. The van der Waals surface area contributed by atoms with Crippen LogP contribution in [-0.2, 0) is 30.8 Å². The van der Waals surface area contributed by atoms with Gasteiger partial charge in [0.05, 0.1) is 55.4 Å². The number of unbranched alkanes of at least 4 members (excludes halogenated alkanes) is 1. The predicted octanol–water partition coefficient (Wildman–Crippen LogP) is 8.07. The summed E-state index contributed by atoms with van der Waals surface area (Å²) in [5.74, 6) is 0.992. The van der Waals surface area contributed by atoms with Gasteiger partial charge in [0.2, 0.25) is 0 Å². The molecule has 0 saturated carbocycles. The van der Waals surface area contributed by atoms with Crippen LogP contribution in [0.25, 0.3) is 0 Å². The minimum atomic E-state index is -0.850. The molecule has 1 N–H and O–H groups in total. The number of carboxylic acid groups (broad SMARTS) is 1. The lowest BCUT2D eigenvalue weighted by molar-refractivity contribution is -0.137. The zero-order chi connectivity index (χ0) is 41.3. The van der Waals surface area contributed by atoms with Crippen molar-refractivity contribution >= 4 is 53.0 Å². The third kappa shape index (κ3) is 7.38. The SMILES string of the molecule is COc1cc2c(cc1OCc1cc(COc3cc4c(cc3OC)C(=O)N3c5ccccc5C[C@H]3C=N4)cc(OCCCCC(=O)O)c1)N=C[C@@H]1Cc3ccccc3N1C2=O. The smallest absolute Gasteiger partial charge is 0.303 e. The molecule has 4 heterocycles. The first-order chi connectivity index (χ1) is 29.3. The topological polar surface area (TPSA) is 149 Å². The first kappa shape index (κ1) is 38.4. The second-order valence-corrected chi connectivity index (χ2v) is 15.0. The Labute approximate surface area is 346 Å². The number of aliphatic carboxylic acids is 1. The fourth-order valence-corrected chi connectivity index (χ4v) is 8.25. The number of anilines is 2. The molecule has 13 nitrogen and oxygen atoms in total. The summed E-state index contributed by atoms with van der Waals surface area (Å²) in [5.41, 5.74) is 7.29. The second-order valence-electron chi connectivity index (χ2n) is 15.0. The van der Waals surface area contributed by atoms with Gasteiger partial charge in [0.25, 0.3) is 11.8 Å². The minimum absolute atomic E-state index is 0.0603. The highest BCUT2D eigenvalue weighted by atomic mass is 16.5. The van der Waals surface area contributed by atoms with Gasteiger partial charge in [0.15, 0.2) is 23.0 Å². The third-order valence-electron chi connectivity index (χ3n) is 11.1. The Bertz CT molecular complexity index is 2430. The lowest BCUT2D eigenvalue weighted by Crippen LogP contribution is -2.37. The number of carbonyl (C=O) groups is 3. The third-order valence-corrected chi connectivity index (χ3v) is 11.1. The first-order valence-corrected chi connectivity index (χ1v) is 19.9. The summed E-state index contributed by atoms with van der Waals surface area (Å²) in [6, 6.07) is 27.9. The Morgan fingerprint density at radius 3 is 1.63 bits per heavy atom. The molecule has 13 heteroatoms. The van der Waals surface area contributed by atoms with E-state index in [9.17, 15) is 14.4 Å². The van der Waals surface area contributed by atoms with E-state index in [1.807, 2.05) is 79.2 Å². The van der Waals surface area contributed by atoms with Gasteiger partial charge >= 0.3 is 5.97 Å². The van der Waals surface area contributed by atoms with Gasteiger partial charge in [0, 0.05) is 55.2 Å². The molecule has 4 aliphatic heterocycles. The van der Waals surface area contributed by atoms with Crippen molar-refractivity contribution in [3.63, 3.8) is 0 Å². The fourth-order valence-electron chi connectivity index (χ4n) is 8.25. The van der Waals surface area contributed by atoms with E-state index in [0.717, 1.165) is 33.6 Å². The number of methoxy groups -OCH3 is 2. The Morgan fingerprint density at radius 2 is 1.15 bits per heavy atom. The molecule has 0 radical (unpaired) electrons. The number of benzene rings is 5. The van der Waals surface area contributed by atoms with Crippen molar-refractivity contribution in [2.75, 3.05) is 30.6 Å². The van der Waals surface area contributed by atoms with E-state index in [1.165, 1.54) is 14.2 Å². The standard InChI is InChI=1S/C47H42N4O9/c1-56-41-20-35-37(48-24-32-18-30-9-3-5-11-39(30)50(32)46(35)54)22-43(41)59-26-28-15-29(17-34(16-28)58-14-8-7-13-45(52)53)27-60-44-23-38-36(21-42(44)57-2)47(55)51-33(25-49-38)19-31-10-4-6-12-40(31)51/h3-6,9-12,15-17,20-25,32-33H,7-8,13-14,18-19,26-27H2,1-2H3,(H,52,53)/t32-,33-/m0/s1. The Morgan fingerprint density at radius 1 is 0.650 bits per heavy atom. The molecule has 0 aromatic heterocycles. The van der Waals surface area contributed by atoms with E-state index in [4.69, 9.17) is 38.8 Å². The number of aliphatic imine (C=N–C) groups is 2. The number of rotatable bonds is 14. The largest absolute Gasteiger partial charge is 0.494 e. The van der Waals surface area contributed by atoms with Crippen LogP contribution in [0.4, 0.5) is 22.7 Å². The fraction of sp³-hybridized carbons (Fsp3) is 0.255. The van der Waals surface area contributed by atoms with Gasteiger partial charge in [-0.25, -0.2) is 0 Å². The minimum Gasteiger partial charge on any atom is -0.494 e. The highest BCUT2D eigenvalue weighted by Gasteiger charge is 2.38. The molecule has 0 saturated heterocycles. The molecular weight excluding hydrogens is 765 g/mol. The van der Waals surface area contributed by atoms with Crippen molar-refractivity contribution in [1.29, 1.82) is 0 Å². The maximum Gasteiger partial charge on any atom is 0.303 e. The molecule has 0 bridgehead atoms. The van der Waals surface area contributed by atoms with E-state index < -0.39 is 5.97 Å². The van der Waals surface area contributed by atoms with E-state index in [-0.39, 0.29) is 43.5 Å². The van der Waals surface area contributed by atoms with Crippen LogP contribution in [0.3, 0.4) is 0 Å². The number of carboxylic acids is 1. The van der Waals surface area contributed by atoms with Crippen molar-refractivity contribution in [2.45, 2.75) is 57.4 Å². The first-order valence-electron chi connectivity index (χ1n) is 19.9. The monoisotopic (exact) mass is 806 g/mol. The number of ether oxygens (including phenoxy) is 5. The highest BCUT2D eigenvalue weighted by Crippen LogP contribution is 2.43. The molecule has 2 amide bonds. The van der Waals surface area contributed by atoms with Crippen LogP contribution in [0.1, 0.15) is 62.2 Å². The van der Waals surface area contributed by atoms with Gasteiger partial charge in [-0.05, 0) is 77.6 Å². The van der Waals surface area contributed by atoms with Crippen molar-refractivity contribution in [1.82, 2.24) is 0 Å². The quantitative estimate of drug-likeness (QED) is 0.110. The van der Waals surface area contributed by atoms with Crippen LogP contribution in [-0.4, -0.2) is 68.2 Å². The number of amides is 2. The average Bonchev–Trinajstić information content (AvgIpc) is 3.75. The van der Waals surface area contributed by atoms with Crippen molar-refractivity contribution in [3.05, 3.63) is 124 Å². The normalized spacial score (nSPS) is 16.8. The summed E-state index contributed by atoms with van der Waals surface area (Å²) >= 11 is 0. The van der Waals surface area contributed by atoms with Crippen LogP contribution in [0, 0.1) is 0 Å². The van der Waals surface area contributed by atoms with E-state index in [2.05, 4.69) is 0 Å². The molecule has 5 aromatic carbocycles. The second kappa shape index (κ2) is 16.2. The Kier molecular flexibility index (Phi) is 10.4. The molecule has 0 aliphatic carbocycles. The van der Waals surface area contributed by atoms with Crippen LogP contribution in [0.5, 0.6) is 28.7 Å². The van der Waals surface area contributed by atoms with E-state index >= 15 is 0 Å². The molecule has 5 aromatic rings. The maximum atomic E-state index is 13.9. The lowest BCUT2D eigenvalue weighted by atomic mass is 10.1. The van der Waals surface area contributed by atoms with Gasteiger partial charge in [-0.3, -0.25) is 34.2 Å². The predicted molar refractivity (Wildman–Crippen MR) is 226 cm³/mol. The van der Waals surface area contributed by atoms with E-state index in [1.54, 1.807) is 34.1 Å². The van der Waals surface area contributed by atoms with Crippen LogP contribution in [0.15, 0.2) is 101 Å². The number of carbonyl (C=O) groups excluding carboxylic acids is 2. The summed E-state index contributed by atoms with van der Waals surface area (Å²) < 4.78 is 30.3. The molecule has 9 rings (SSSR count). The maximum absolute atomic E-state index is 13.9. The van der Waals surface area contributed by atoms with Gasteiger partial charge < -0.3 is 28.8 Å². The Balaban J connectivity index is 0.955. The van der Waals surface area contributed by atoms with Gasteiger partial charge in [-0.1, -0.05) is 36.4 Å². The summed E-state index contributed by atoms with van der Waals surface area (Å²) in [6.07, 6.45) is 6.10. The summed E-state index contributed by atoms with van der Waals surface area (Å²) in [7, 11) is 3.06. The molecular formula is C47H42N4O9. The van der Waals surface area contributed by atoms with Crippen molar-refractivity contribution in [3.8, 4) is 28.7 Å². The van der Waals surface area contributed by atoms with Crippen LogP contribution < -0.4 is 33.5 Å². The van der Waals surface area contributed by atoms with Crippen molar-refractivity contribution < 1.29 is 43.2 Å². The van der Waals surface area contributed by atoms with Gasteiger partial charge in [-0.15, -0.1) is 0 Å². The van der Waals surface area contributed by atoms with Crippen LogP contribution in [0.2, 0.25) is 0 Å². The highest BCUT2D eigenvalue weighted by molar-refractivity contribution is 6.15.